The molecule has 0 aliphatic carbocycles. The number of thiazole rings is 1. The summed E-state index contributed by atoms with van der Waals surface area (Å²) in [4.78, 5) is 20.8. The van der Waals surface area contributed by atoms with Crippen molar-refractivity contribution in [1.29, 1.82) is 0 Å². The van der Waals surface area contributed by atoms with Gasteiger partial charge in [0.2, 0.25) is 0 Å². The summed E-state index contributed by atoms with van der Waals surface area (Å²) >= 11 is 1.77. The average molecular weight is 344 g/mol. The first-order chi connectivity index (χ1) is 11.6. The summed E-state index contributed by atoms with van der Waals surface area (Å²) in [7, 11) is 1.68. The third-order valence-electron chi connectivity index (χ3n) is 4.61. The zero-order valence-electron chi connectivity index (χ0n) is 14.5. The summed E-state index contributed by atoms with van der Waals surface area (Å²) in [5, 5.41) is 1.18. The molecule has 0 saturated carbocycles. The average Bonchev–Trinajstić information content (AvgIpc) is 2.94. The number of aromatic nitrogens is 1. The molecule has 1 fully saturated rings. The molecule has 2 heterocycles. The molecule has 4 nitrogen and oxygen atoms in total. The Hall–Kier alpha value is -1.72. The molecule has 1 saturated heterocycles. The normalized spacial score (nSPS) is 18.0. The van der Waals surface area contributed by atoms with Crippen LogP contribution >= 0.6 is 11.3 Å². The number of carbonyl (C=O) groups is 1. The van der Waals surface area contributed by atoms with E-state index in [1.54, 1.807) is 18.4 Å². The second-order valence-corrected chi connectivity index (χ2v) is 7.65. The van der Waals surface area contributed by atoms with Crippen LogP contribution in [0, 0.1) is 13.8 Å². The van der Waals surface area contributed by atoms with Gasteiger partial charge in [0.15, 0.2) is 0 Å². The molecule has 0 radical (unpaired) electrons. The van der Waals surface area contributed by atoms with Gasteiger partial charge >= 0.3 is 0 Å². The largest absolute Gasteiger partial charge is 0.380 e. The van der Waals surface area contributed by atoms with Crippen molar-refractivity contribution in [2.75, 3.05) is 20.2 Å². The third-order valence-corrected chi connectivity index (χ3v) is 5.85. The fraction of sp³-hybridized carbons (Fsp3) is 0.474. The number of carbonyl (C=O) groups excluding carboxylic acids is 1. The Bertz CT molecular complexity index is 689. The van der Waals surface area contributed by atoms with Gasteiger partial charge < -0.3 is 9.64 Å². The Morgan fingerprint density at radius 2 is 2.08 bits per heavy atom. The van der Waals surface area contributed by atoms with E-state index in [-0.39, 0.29) is 5.91 Å². The van der Waals surface area contributed by atoms with E-state index in [1.165, 1.54) is 9.88 Å². The molecule has 5 heteroatoms. The summed E-state index contributed by atoms with van der Waals surface area (Å²) in [5.41, 5.74) is 2.95. The number of amides is 1. The highest BCUT2D eigenvalue weighted by Crippen LogP contribution is 2.31. The van der Waals surface area contributed by atoms with E-state index in [0.29, 0.717) is 12.5 Å². The summed E-state index contributed by atoms with van der Waals surface area (Å²) in [6.45, 7) is 6.35. The van der Waals surface area contributed by atoms with Gasteiger partial charge in [0.05, 0.1) is 17.3 Å². The van der Waals surface area contributed by atoms with Crippen LogP contribution in [0.3, 0.4) is 0 Å². The number of methoxy groups -OCH3 is 1. The fourth-order valence-corrected chi connectivity index (χ4v) is 4.18. The van der Waals surface area contributed by atoms with Crippen LogP contribution in [0.15, 0.2) is 24.3 Å². The number of aryl methyl sites for hydroxylation is 2. The maximum absolute atomic E-state index is 12.8. The van der Waals surface area contributed by atoms with Crippen molar-refractivity contribution in [3.8, 4) is 0 Å². The first kappa shape index (κ1) is 17.1. The molecule has 1 atom stereocenters. The van der Waals surface area contributed by atoms with Gasteiger partial charge in [-0.05, 0) is 44.4 Å². The van der Waals surface area contributed by atoms with Crippen molar-refractivity contribution in [2.45, 2.75) is 39.2 Å². The van der Waals surface area contributed by atoms with Gasteiger partial charge in [-0.3, -0.25) is 4.79 Å². The van der Waals surface area contributed by atoms with Crippen LogP contribution in [0.2, 0.25) is 0 Å². The Morgan fingerprint density at radius 1 is 1.33 bits per heavy atom. The van der Waals surface area contributed by atoms with Crippen molar-refractivity contribution in [3.63, 3.8) is 0 Å². The Kier molecular flexibility index (Phi) is 5.31. The Morgan fingerprint density at radius 3 is 2.71 bits per heavy atom. The molecule has 1 aromatic carbocycles. The van der Waals surface area contributed by atoms with Crippen molar-refractivity contribution in [3.05, 3.63) is 51.0 Å². The van der Waals surface area contributed by atoms with Crippen molar-refractivity contribution in [1.82, 2.24) is 9.88 Å². The van der Waals surface area contributed by atoms with Crippen LogP contribution in [0.5, 0.6) is 0 Å². The van der Waals surface area contributed by atoms with Crippen molar-refractivity contribution < 1.29 is 9.53 Å². The van der Waals surface area contributed by atoms with E-state index < -0.39 is 0 Å². The smallest absolute Gasteiger partial charge is 0.253 e. The molecular weight excluding hydrogens is 320 g/mol. The lowest BCUT2D eigenvalue weighted by Crippen LogP contribution is -2.39. The lowest BCUT2D eigenvalue weighted by atomic mass is 9.98. The topological polar surface area (TPSA) is 42.4 Å². The summed E-state index contributed by atoms with van der Waals surface area (Å²) in [6.07, 6.45) is 2.15. The van der Waals surface area contributed by atoms with E-state index in [4.69, 9.17) is 9.72 Å². The van der Waals surface area contributed by atoms with Crippen LogP contribution in [0.4, 0.5) is 0 Å². The molecule has 0 bridgehead atoms. The molecule has 3 rings (SSSR count). The first-order valence-electron chi connectivity index (χ1n) is 8.39. The van der Waals surface area contributed by atoms with Crippen LogP contribution in [-0.2, 0) is 11.3 Å². The number of likely N-dealkylation sites (tertiary alicyclic amines) is 1. The fourth-order valence-electron chi connectivity index (χ4n) is 3.13. The molecule has 0 unspecified atom stereocenters. The highest BCUT2D eigenvalue weighted by molar-refractivity contribution is 7.11. The molecule has 1 aliphatic rings. The van der Waals surface area contributed by atoms with E-state index in [2.05, 4.69) is 13.8 Å². The van der Waals surface area contributed by atoms with Crippen LogP contribution in [0.1, 0.15) is 50.3 Å². The predicted octanol–water partition coefficient (Wildman–Crippen LogP) is 3.93. The van der Waals surface area contributed by atoms with E-state index in [0.717, 1.165) is 42.8 Å². The maximum Gasteiger partial charge on any atom is 0.253 e. The van der Waals surface area contributed by atoms with Crippen LogP contribution in [0.25, 0.3) is 0 Å². The van der Waals surface area contributed by atoms with Crippen molar-refractivity contribution in [2.24, 2.45) is 0 Å². The van der Waals surface area contributed by atoms with Gasteiger partial charge in [-0.25, -0.2) is 4.98 Å². The Balaban J connectivity index is 1.70. The van der Waals surface area contributed by atoms with Gasteiger partial charge in [-0.1, -0.05) is 12.1 Å². The molecular formula is C19H24N2O2S. The summed E-state index contributed by atoms with van der Waals surface area (Å²) in [5.74, 6) is 0.488. The van der Waals surface area contributed by atoms with Crippen molar-refractivity contribution >= 4 is 17.2 Å². The molecule has 1 aromatic heterocycles. The first-order valence-corrected chi connectivity index (χ1v) is 9.21. The molecule has 2 aromatic rings. The summed E-state index contributed by atoms with van der Waals surface area (Å²) in [6, 6.07) is 7.73. The van der Waals surface area contributed by atoms with Gasteiger partial charge in [0.1, 0.15) is 0 Å². The van der Waals surface area contributed by atoms with E-state index >= 15 is 0 Å². The Labute approximate surface area is 147 Å². The highest BCUT2D eigenvalue weighted by Gasteiger charge is 2.27. The summed E-state index contributed by atoms with van der Waals surface area (Å²) < 4.78 is 5.12. The molecule has 1 aliphatic heterocycles. The van der Waals surface area contributed by atoms with Crippen LogP contribution < -0.4 is 0 Å². The maximum atomic E-state index is 12.8. The zero-order valence-corrected chi connectivity index (χ0v) is 15.4. The van der Waals surface area contributed by atoms with E-state index in [9.17, 15) is 4.79 Å². The monoisotopic (exact) mass is 344 g/mol. The predicted molar refractivity (Wildman–Crippen MR) is 96.6 cm³/mol. The van der Waals surface area contributed by atoms with Gasteiger partial charge in [-0.15, -0.1) is 11.3 Å². The molecule has 0 spiro atoms. The second-order valence-electron chi connectivity index (χ2n) is 6.41. The molecule has 0 N–H and O–H groups in total. The number of piperidine rings is 1. The lowest BCUT2D eigenvalue weighted by molar-refractivity contribution is 0.0707. The van der Waals surface area contributed by atoms with Gasteiger partial charge in [-0.2, -0.15) is 0 Å². The third kappa shape index (κ3) is 3.68. The van der Waals surface area contributed by atoms with Crippen LogP contribution in [-0.4, -0.2) is 36.0 Å². The van der Waals surface area contributed by atoms with Gasteiger partial charge in [0.25, 0.3) is 5.91 Å². The zero-order chi connectivity index (χ0) is 17.1. The van der Waals surface area contributed by atoms with Gasteiger partial charge in [0, 0.05) is 36.6 Å². The number of hydrogen-bond donors (Lipinski definition) is 0. The SMILES string of the molecule is COCc1ccc(C(=O)N2CCC[C@@H](c3nc(C)c(C)s3)C2)cc1. The number of ether oxygens (including phenoxy) is 1. The number of rotatable bonds is 4. The minimum absolute atomic E-state index is 0.119. The molecule has 24 heavy (non-hydrogen) atoms. The molecule has 1 amide bonds. The number of hydrogen-bond acceptors (Lipinski definition) is 4. The number of benzene rings is 1. The van der Waals surface area contributed by atoms with E-state index in [1.807, 2.05) is 29.2 Å². The quantitative estimate of drug-likeness (QED) is 0.844. The molecule has 128 valence electrons. The standard InChI is InChI=1S/C19H24N2O2S/c1-13-14(2)24-18(20-13)17-5-4-10-21(11-17)19(22)16-8-6-15(7-9-16)12-23-3/h6-9,17H,4-5,10-12H2,1-3H3/t17-/m1/s1. The minimum atomic E-state index is 0.119. The number of nitrogens with zero attached hydrogens (tertiary/aromatic N) is 2. The minimum Gasteiger partial charge on any atom is -0.380 e. The lowest BCUT2D eigenvalue weighted by Gasteiger charge is -2.32. The second kappa shape index (κ2) is 7.45. The highest BCUT2D eigenvalue weighted by atomic mass is 32.1.